The van der Waals surface area contributed by atoms with Crippen LogP contribution in [0.2, 0.25) is 0 Å². The fourth-order valence-electron chi connectivity index (χ4n) is 2.38. The van der Waals surface area contributed by atoms with E-state index in [2.05, 4.69) is 48.1 Å². The van der Waals surface area contributed by atoms with Gasteiger partial charge in [-0.3, -0.25) is 0 Å². The van der Waals surface area contributed by atoms with Gasteiger partial charge in [0.05, 0.1) is 0 Å². The molecule has 1 aromatic rings. The molecule has 1 aromatic carbocycles. The summed E-state index contributed by atoms with van der Waals surface area (Å²) >= 11 is 1.83. The Bertz CT molecular complexity index is 340. The zero-order chi connectivity index (χ0) is 11.4. The van der Waals surface area contributed by atoms with E-state index in [4.69, 9.17) is 0 Å². The Morgan fingerprint density at radius 3 is 2.75 bits per heavy atom. The van der Waals surface area contributed by atoms with E-state index in [0.717, 1.165) is 13.1 Å². The molecule has 0 aromatic heterocycles. The van der Waals surface area contributed by atoms with Gasteiger partial charge in [-0.2, -0.15) is 0 Å². The van der Waals surface area contributed by atoms with Crippen molar-refractivity contribution in [3.8, 4) is 0 Å². The van der Waals surface area contributed by atoms with Gasteiger partial charge in [0.2, 0.25) is 0 Å². The molecule has 88 valence electrons. The molecule has 1 saturated heterocycles. The van der Waals surface area contributed by atoms with Crippen LogP contribution in [0.5, 0.6) is 0 Å². The molecule has 0 aliphatic carbocycles. The van der Waals surface area contributed by atoms with Crippen molar-refractivity contribution in [3.05, 3.63) is 29.8 Å². The van der Waals surface area contributed by atoms with Crippen molar-refractivity contribution in [2.45, 2.75) is 30.3 Å². The second kappa shape index (κ2) is 5.71. The van der Waals surface area contributed by atoms with Crippen LogP contribution in [-0.2, 0) is 0 Å². The highest BCUT2D eigenvalue weighted by molar-refractivity contribution is 7.98. The fraction of sp³-hybridized carbons (Fsp3) is 0.538. The second-order valence-corrected chi connectivity index (χ2v) is 4.99. The average molecular weight is 236 g/mol. The lowest BCUT2D eigenvalue weighted by molar-refractivity contribution is 0.317. The fourth-order valence-corrected chi connectivity index (χ4v) is 3.02. The monoisotopic (exact) mass is 236 g/mol. The molecule has 2 rings (SSSR count). The summed E-state index contributed by atoms with van der Waals surface area (Å²) in [7, 11) is 0. The van der Waals surface area contributed by atoms with E-state index in [1.165, 1.54) is 16.9 Å². The lowest BCUT2D eigenvalue weighted by atomic mass is 9.95. The van der Waals surface area contributed by atoms with Crippen LogP contribution in [-0.4, -0.2) is 25.4 Å². The van der Waals surface area contributed by atoms with Crippen molar-refractivity contribution in [3.63, 3.8) is 0 Å². The first kappa shape index (κ1) is 12.0. The Kier molecular flexibility index (Phi) is 4.27. The van der Waals surface area contributed by atoms with Crippen LogP contribution in [0.3, 0.4) is 0 Å². The maximum atomic E-state index is 3.64. The SMILES string of the molecule is CCC1NCCN[C@@H]1c1ccccc1SC. The summed E-state index contributed by atoms with van der Waals surface area (Å²) < 4.78 is 0. The molecular formula is C13H20N2S. The highest BCUT2D eigenvalue weighted by Gasteiger charge is 2.25. The third-order valence-corrected chi connectivity index (χ3v) is 4.02. The van der Waals surface area contributed by atoms with E-state index < -0.39 is 0 Å². The van der Waals surface area contributed by atoms with E-state index >= 15 is 0 Å². The van der Waals surface area contributed by atoms with Crippen LogP contribution < -0.4 is 10.6 Å². The first-order valence-corrected chi connectivity index (χ1v) is 7.19. The quantitative estimate of drug-likeness (QED) is 0.788. The highest BCUT2D eigenvalue weighted by atomic mass is 32.2. The topological polar surface area (TPSA) is 24.1 Å². The molecule has 1 heterocycles. The van der Waals surface area contributed by atoms with Gasteiger partial charge in [-0.15, -0.1) is 11.8 Å². The maximum absolute atomic E-state index is 3.64. The molecule has 0 saturated carbocycles. The summed E-state index contributed by atoms with van der Waals surface area (Å²) in [5.41, 5.74) is 1.44. The van der Waals surface area contributed by atoms with Crippen LogP contribution in [0.25, 0.3) is 0 Å². The molecule has 3 heteroatoms. The van der Waals surface area contributed by atoms with Gasteiger partial charge < -0.3 is 10.6 Å². The lowest BCUT2D eigenvalue weighted by Gasteiger charge is -2.34. The molecule has 1 unspecified atom stereocenters. The molecule has 16 heavy (non-hydrogen) atoms. The van der Waals surface area contributed by atoms with Gasteiger partial charge in [0, 0.05) is 30.1 Å². The number of benzene rings is 1. The Balaban J connectivity index is 2.26. The number of hydrogen-bond acceptors (Lipinski definition) is 3. The van der Waals surface area contributed by atoms with Gasteiger partial charge in [0.15, 0.2) is 0 Å². The third kappa shape index (κ3) is 2.42. The van der Waals surface area contributed by atoms with Crippen molar-refractivity contribution in [2.24, 2.45) is 0 Å². The average Bonchev–Trinajstić information content (AvgIpc) is 2.38. The molecule has 0 spiro atoms. The highest BCUT2D eigenvalue weighted by Crippen LogP contribution is 2.29. The smallest absolute Gasteiger partial charge is 0.0487 e. The Morgan fingerprint density at radius 2 is 2.00 bits per heavy atom. The number of piperazine rings is 1. The van der Waals surface area contributed by atoms with Gasteiger partial charge in [-0.1, -0.05) is 25.1 Å². The number of hydrogen-bond donors (Lipinski definition) is 2. The van der Waals surface area contributed by atoms with Crippen LogP contribution in [0.1, 0.15) is 24.9 Å². The zero-order valence-electron chi connectivity index (χ0n) is 9.99. The van der Waals surface area contributed by atoms with E-state index in [-0.39, 0.29) is 0 Å². The van der Waals surface area contributed by atoms with E-state index in [0.29, 0.717) is 12.1 Å². The molecular weight excluding hydrogens is 216 g/mol. The van der Waals surface area contributed by atoms with Crippen LogP contribution in [0, 0.1) is 0 Å². The number of thioether (sulfide) groups is 1. The molecule has 0 radical (unpaired) electrons. The van der Waals surface area contributed by atoms with Gasteiger partial charge in [0.1, 0.15) is 0 Å². The van der Waals surface area contributed by atoms with Gasteiger partial charge in [-0.25, -0.2) is 0 Å². The Morgan fingerprint density at radius 1 is 1.25 bits per heavy atom. The standard InChI is InChI=1S/C13H20N2S/c1-3-11-13(15-9-8-14-11)10-6-4-5-7-12(10)16-2/h4-7,11,13-15H,3,8-9H2,1-2H3/t11?,13-/m1/s1. The summed E-state index contributed by atoms with van der Waals surface area (Å²) in [6.07, 6.45) is 3.32. The summed E-state index contributed by atoms with van der Waals surface area (Å²) in [5.74, 6) is 0. The molecule has 1 aliphatic rings. The number of rotatable bonds is 3. The Hall–Kier alpha value is -0.510. The molecule has 2 atom stereocenters. The van der Waals surface area contributed by atoms with Crippen LogP contribution in [0.4, 0.5) is 0 Å². The molecule has 2 N–H and O–H groups in total. The first-order chi connectivity index (χ1) is 7.86. The lowest BCUT2D eigenvalue weighted by Crippen LogP contribution is -2.50. The van der Waals surface area contributed by atoms with Crippen molar-refractivity contribution in [1.29, 1.82) is 0 Å². The van der Waals surface area contributed by atoms with Gasteiger partial charge >= 0.3 is 0 Å². The van der Waals surface area contributed by atoms with E-state index in [1.54, 1.807) is 0 Å². The normalized spacial score (nSPS) is 25.6. The minimum absolute atomic E-state index is 0.461. The third-order valence-electron chi connectivity index (χ3n) is 3.21. The minimum Gasteiger partial charge on any atom is -0.311 e. The predicted molar refractivity (Wildman–Crippen MR) is 71.0 cm³/mol. The zero-order valence-corrected chi connectivity index (χ0v) is 10.8. The van der Waals surface area contributed by atoms with Crippen LogP contribution >= 0.6 is 11.8 Å². The second-order valence-electron chi connectivity index (χ2n) is 4.14. The largest absolute Gasteiger partial charge is 0.311 e. The van der Waals surface area contributed by atoms with Crippen molar-refractivity contribution in [1.82, 2.24) is 10.6 Å². The number of nitrogens with one attached hydrogen (secondary N) is 2. The maximum Gasteiger partial charge on any atom is 0.0487 e. The molecule has 0 bridgehead atoms. The summed E-state index contributed by atoms with van der Waals surface area (Å²) in [6.45, 7) is 4.39. The minimum atomic E-state index is 0.461. The first-order valence-electron chi connectivity index (χ1n) is 5.96. The van der Waals surface area contributed by atoms with Crippen molar-refractivity contribution in [2.75, 3.05) is 19.3 Å². The summed E-state index contributed by atoms with van der Waals surface area (Å²) in [6, 6.07) is 9.73. The van der Waals surface area contributed by atoms with Gasteiger partial charge in [0.25, 0.3) is 0 Å². The van der Waals surface area contributed by atoms with Crippen molar-refractivity contribution >= 4 is 11.8 Å². The van der Waals surface area contributed by atoms with Crippen molar-refractivity contribution < 1.29 is 0 Å². The molecule has 2 nitrogen and oxygen atoms in total. The van der Waals surface area contributed by atoms with E-state index in [9.17, 15) is 0 Å². The van der Waals surface area contributed by atoms with Gasteiger partial charge in [-0.05, 0) is 24.3 Å². The Labute approximate surface area is 102 Å². The van der Waals surface area contributed by atoms with E-state index in [1.807, 2.05) is 11.8 Å². The van der Waals surface area contributed by atoms with Crippen LogP contribution in [0.15, 0.2) is 29.2 Å². The molecule has 0 amide bonds. The predicted octanol–water partition coefficient (Wildman–Crippen LogP) is 2.42. The molecule has 1 fully saturated rings. The molecule has 1 aliphatic heterocycles. The summed E-state index contributed by atoms with van der Waals surface area (Å²) in [5, 5.41) is 7.23. The summed E-state index contributed by atoms with van der Waals surface area (Å²) in [4.78, 5) is 1.39.